The molecule has 8 nitrogen and oxygen atoms in total. The van der Waals surface area contributed by atoms with Gasteiger partial charge in [0, 0.05) is 98.6 Å². The Balaban J connectivity index is 1.36. The Bertz CT molecular complexity index is 1660. The zero-order valence-corrected chi connectivity index (χ0v) is 34.9. The molecular weight excluding hydrogens is 721 g/mol. The molecule has 5 rings (SSSR count). The number of pyridine rings is 4. The highest BCUT2D eigenvalue weighted by Crippen LogP contribution is 2.24. The smallest absolute Gasteiger partial charge is 0.171 e. The molecular formula is C50H70N4O4+4. The van der Waals surface area contributed by atoms with Crippen LogP contribution in [0.15, 0.2) is 110 Å². The number of aliphatic hydroxyl groups is 4. The number of aryl methyl sites for hydroxylation is 12. The van der Waals surface area contributed by atoms with Crippen molar-refractivity contribution >= 4 is 0 Å². The second-order valence-electron chi connectivity index (χ2n) is 15.9. The van der Waals surface area contributed by atoms with E-state index < -0.39 is 0 Å². The van der Waals surface area contributed by atoms with Crippen LogP contribution < -0.4 is 18.3 Å². The van der Waals surface area contributed by atoms with Gasteiger partial charge in [0.25, 0.3) is 0 Å². The lowest BCUT2D eigenvalue weighted by atomic mass is 9.89. The van der Waals surface area contributed by atoms with E-state index in [4.69, 9.17) is 0 Å². The van der Waals surface area contributed by atoms with Gasteiger partial charge in [0.2, 0.25) is 0 Å². The van der Waals surface area contributed by atoms with E-state index in [1.54, 1.807) is 0 Å². The molecule has 5 aromatic rings. The summed E-state index contributed by atoms with van der Waals surface area (Å²) < 4.78 is 9.24. The fraction of sp³-hybridized carbons (Fsp3) is 0.480. The van der Waals surface area contributed by atoms with Gasteiger partial charge >= 0.3 is 0 Å². The van der Waals surface area contributed by atoms with Crippen LogP contribution in [0.4, 0.5) is 0 Å². The van der Waals surface area contributed by atoms with Crippen molar-refractivity contribution in [2.24, 2.45) is 0 Å². The molecule has 4 aromatic heterocycles. The van der Waals surface area contributed by atoms with Gasteiger partial charge in [-0.25, -0.2) is 18.3 Å². The third kappa shape index (κ3) is 15.8. The molecule has 8 heteroatoms. The van der Waals surface area contributed by atoms with E-state index >= 15 is 0 Å². The molecule has 0 fully saturated rings. The highest BCUT2D eigenvalue weighted by Gasteiger charge is 2.15. The lowest BCUT2D eigenvalue weighted by molar-refractivity contribution is -0.697. The first-order valence-corrected chi connectivity index (χ1v) is 22.1. The number of rotatable bonds is 28. The molecule has 0 aliphatic carbocycles. The molecule has 1 aromatic carbocycles. The average molecular weight is 791 g/mol. The molecule has 0 atom stereocenters. The molecule has 0 aliphatic rings. The Kier molecular flexibility index (Phi) is 20.0. The van der Waals surface area contributed by atoms with Crippen molar-refractivity contribution in [3.63, 3.8) is 0 Å². The number of aromatic nitrogens is 4. The summed E-state index contributed by atoms with van der Waals surface area (Å²) in [6, 6.07) is 22.3. The second-order valence-corrected chi connectivity index (χ2v) is 15.9. The minimum absolute atomic E-state index is 0.219. The fourth-order valence-electron chi connectivity index (χ4n) is 8.12. The summed E-state index contributed by atoms with van der Waals surface area (Å²) >= 11 is 0. The van der Waals surface area contributed by atoms with E-state index in [1.165, 1.54) is 44.5 Å². The first-order chi connectivity index (χ1) is 28.6. The molecule has 0 radical (unpaired) electrons. The van der Waals surface area contributed by atoms with Gasteiger partial charge in [0.15, 0.2) is 49.6 Å². The van der Waals surface area contributed by atoms with Gasteiger partial charge in [0.1, 0.15) is 26.2 Å². The number of hydrogen-bond acceptors (Lipinski definition) is 4. The van der Waals surface area contributed by atoms with Crippen LogP contribution in [0.1, 0.15) is 95.9 Å². The van der Waals surface area contributed by atoms with Gasteiger partial charge in [-0.3, -0.25) is 0 Å². The van der Waals surface area contributed by atoms with E-state index in [1.807, 2.05) is 0 Å². The van der Waals surface area contributed by atoms with Crippen molar-refractivity contribution in [1.29, 1.82) is 0 Å². The second kappa shape index (κ2) is 25.9. The van der Waals surface area contributed by atoms with Gasteiger partial charge in [-0.1, -0.05) is 12.1 Å². The summed E-state index contributed by atoms with van der Waals surface area (Å²) in [6.45, 7) is 4.70. The third-order valence-corrected chi connectivity index (χ3v) is 11.1. The van der Waals surface area contributed by atoms with Gasteiger partial charge in [0.05, 0.1) is 0 Å². The number of benzene rings is 1. The molecule has 0 aliphatic heterocycles. The van der Waals surface area contributed by atoms with E-state index in [0.29, 0.717) is 0 Å². The molecule has 58 heavy (non-hydrogen) atoms. The van der Waals surface area contributed by atoms with Crippen LogP contribution in [-0.2, 0) is 77.5 Å². The third-order valence-electron chi connectivity index (χ3n) is 11.1. The van der Waals surface area contributed by atoms with Gasteiger partial charge in [-0.15, -0.1) is 0 Å². The van der Waals surface area contributed by atoms with Crippen LogP contribution >= 0.6 is 0 Å². The normalized spacial score (nSPS) is 11.4. The lowest BCUT2D eigenvalue weighted by Gasteiger charge is -2.17. The number of nitrogens with zero attached hydrogens (tertiary/aromatic N) is 4. The molecule has 0 saturated heterocycles. The van der Waals surface area contributed by atoms with Crippen LogP contribution in [0.25, 0.3) is 0 Å². The zero-order chi connectivity index (χ0) is 40.6. The molecule has 310 valence electrons. The van der Waals surface area contributed by atoms with Crippen molar-refractivity contribution < 1.29 is 38.7 Å². The molecule has 0 saturated carbocycles. The van der Waals surface area contributed by atoms with E-state index in [2.05, 4.69) is 129 Å². The van der Waals surface area contributed by atoms with E-state index in [-0.39, 0.29) is 26.4 Å². The highest BCUT2D eigenvalue weighted by atomic mass is 16.3. The van der Waals surface area contributed by atoms with Gasteiger partial charge < -0.3 is 20.4 Å². The standard InChI is InChI=1S/C50H70N4O4/c55-33-9-17-43-13-1-25-51(39-43)29-5-21-47-37-49(23-7-31-53-27-3-15-45(41-53)19-11-35-57)50(24-8-32-54-28-4-16-46(42-54)20-12-36-58)38-48(47)22-6-30-52-26-2-14-44(40-52)18-10-34-56/h1-4,13-16,25-28,37-42,55-58H,5-12,17-24,29-36H2/q+4. The molecule has 4 heterocycles. The van der Waals surface area contributed by atoms with Crippen LogP contribution in [0, 0.1) is 0 Å². The first-order valence-electron chi connectivity index (χ1n) is 22.1. The Morgan fingerprint density at radius 3 is 0.776 bits per heavy atom. The maximum absolute atomic E-state index is 9.36. The predicted octanol–water partition coefficient (Wildman–Crippen LogP) is 5.07. The van der Waals surface area contributed by atoms with Crippen molar-refractivity contribution in [1.82, 2.24) is 0 Å². The summed E-state index contributed by atoms with van der Waals surface area (Å²) in [6.07, 6.45) is 32.7. The summed E-state index contributed by atoms with van der Waals surface area (Å²) in [5, 5.41) is 37.4. The molecule has 0 spiro atoms. The Hall–Kier alpha value is -4.34. The highest BCUT2D eigenvalue weighted by molar-refractivity contribution is 5.39. The lowest BCUT2D eigenvalue weighted by Crippen LogP contribution is -2.34. The van der Waals surface area contributed by atoms with Crippen LogP contribution in [0.2, 0.25) is 0 Å². The average Bonchev–Trinajstić information content (AvgIpc) is 3.25. The predicted molar refractivity (Wildman–Crippen MR) is 228 cm³/mol. The van der Waals surface area contributed by atoms with Crippen molar-refractivity contribution in [3.05, 3.63) is 155 Å². The van der Waals surface area contributed by atoms with Crippen LogP contribution in [0.3, 0.4) is 0 Å². The summed E-state index contributed by atoms with van der Waals surface area (Å²) in [4.78, 5) is 0. The Labute approximate surface area is 347 Å². The van der Waals surface area contributed by atoms with E-state index in [9.17, 15) is 20.4 Å². The Morgan fingerprint density at radius 2 is 0.552 bits per heavy atom. The SMILES string of the molecule is OCCCc1ccc[n+](CCCc2cc(CCC[n+]3cccc(CCCO)c3)c(CCC[n+]3cccc(CCCO)c3)cc2CCC[n+]2cccc(CCCO)c2)c1. The quantitative estimate of drug-likeness (QED) is 0.0533. The van der Waals surface area contributed by atoms with Crippen molar-refractivity contribution in [3.8, 4) is 0 Å². The topological polar surface area (TPSA) is 96.4 Å². The molecule has 0 unspecified atom stereocenters. The van der Waals surface area contributed by atoms with Crippen molar-refractivity contribution in [2.45, 2.75) is 129 Å². The first kappa shape index (κ1) is 44.8. The number of hydrogen-bond donors (Lipinski definition) is 4. The van der Waals surface area contributed by atoms with Gasteiger partial charge in [-0.2, -0.15) is 0 Å². The zero-order valence-electron chi connectivity index (χ0n) is 34.9. The minimum atomic E-state index is 0.219. The molecule has 4 N–H and O–H groups in total. The fourth-order valence-corrected chi connectivity index (χ4v) is 8.12. The number of aliphatic hydroxyl groups excluding tert-OH is 4. The molecule has 0 bridgehead atoms. The monoisotopic (exact) mass is 791 g/mol. The van der Waals surface area contributed by atoms with Crippen LogP contribution in [-0.4, -0.2) is 46.9 Å². The summed E-state index contributed by atoms with van der Waals surface area (Å²) in [5.41, 5.74) is 11.0. The van der Waals surface area contributed by atoms with Crippen LogP contribution in [0.5, 0.6) is 0 Å². The van der Waals surface area contributed by atoms with E-state index in [0.717, 1.165) is 129 Å². The van der Waals surface area contributed by atoms with Gasteiger partial charge in [-0.05, 0) is 124 Å². The minimum Gasteiger partial charge on any atom is -0.396 e. The largest absolute Gasteiger partial charge is 0.396 e. The maximum Gasteiger partial charge on any atom is 0.171 e. The maximum atomic E-state index is 9.36. The van der Waals surface area contributed by atoms with Crippen molar-refractivity contribution in [2.75, 3.05) is 26.4 Å². The Morgan fingerprint density at radius 1 is 0.310 bits per heavy atom. The summed E-state index contributed by atoms with van der Waals surface area (Å²) in [5.74, 6) is 0. The molecule has 0 amide bonds. The summed E-state index contributed by atoms with van der Waals surface area (Å²) in [7, 11) is 0.